The maximum absolute atomic E-state index is 3.57. The first-order chi connectivity index (χ1) is 7.66. The van der Waals surface area contributed by atoms with Crippen molar-refractivity contribution in [2.24, 2.45) is 5.92 Å². The summed E-state index contributed by atoms with van der Waals surface area (Å²) >= 11 is 1.60. The Labute approximate surface area is 140 Å². The minimum Gasteiger partial charge on any atom is 0 e. The van der Waals surface area contributed by atoms with Crippen molar-refractivity contribution in [1.82, 2.24) is 4.57 Å². The third kappa shape index (κ3) is 2.49. The molecule has 0 N–H and O–H groups in total. The van der Waals surface area contributed by atoms with E-state index in [4.69, 9.17) is 0 Å². The smallest absolute Gasteiger partial charge is 0 e. The predicted octanol–water partition coefficient (Wildman–Crippen LogP) is 3.27. The Morgan fingerprint density at radius 3 is 2.76 bits per heavy atom. The summed E-state index contributed by atoms with van der Waals surface area (Å²) in [6.07, 6.45) is 5.73. The van der Waals surface area contributed by atoms with Crippen LogP contribution in [0.3, 0.4) is 0 Å². The number of aryl methyl sites for hydroxylation is 2. The van der Waals surface area contributed by atoms with Gasteiger partial charge in [-0.15, -0.1) is 0 Å². The molecule has 0 spiro atoms. The van der Waals surface area contributed by atoms with Crippen LogP contribution in [0.1, 0.15) is 48.4 Å². The molecule has 0 aromatic carbocycles. The predicted molar refractivity (Wildman–Crippen MR) is 60.7 cm³/mol. The summed E-state index contributed by atoms with van der Waals surface area (Å²) in [5.41, 5.74) is 4.40. The van der Waals surface area contributed by atoms with E-state index in [1.165, 1.54) is 47.0 Å². The van der Waals surface area contributed by atoms with Crippen molar-refractivity contribution in [2.45, 2.75) is 52.0 Å². The van der Waals surface area contributed by atoms with Crippen molar-refractivity contribution in [1.29, 1.82) is 0 Å². The van der Waals surface area contributed by atoms with Gasteiger partial charge in [-0.05, 0) is 0 Å². The van der Waals surface area contributed by atoms with Gasteiger partial charge in [0, 0.05) is 32.7 Å². The zero-order chi connectivity index (χ0) is 11.3. The largest absolute Gasteiger partial charge is 0 e. The monoisotopic (exact) mass is 473 g/mol. The number of rotatable bonds is 0. The van der Waals surface area contributed by atoms with Crippen LogP contribution in [0.4, 0.5) is 0 Å². The number of hydrogen-bond donors (Lipinski definition) is 0. The molecule has 1 saturated carbocycles. The summed E-state index contributed by atoms with van der Waals surface area (Å²) in [5.74, 6) is 1.79. The van der Waals surface area contributed by atoms with E-state index >= 15 is 0 Å². The van der Waals surface area contributed by atoms with E-state index in [2.05, 4.69) is 24.5 Å². The van der Waals surface area contributed by atoms with E-state index < -0.39 is 0 Å². The van der Waals surface area contributed by atoms with Crippen LogP contribution in [0.15, 0.2) is 0 Å². The molecular formula is C14H18NWY-. The molecule has 2 bridgehead atoms. The van der Waals surface area contributed by atoms with E-state index in [0.29, 0.717) is 0 Å². The quantitative estimate of drug-likeness (QED) is 0.511. The molecule has 0 amide bonds. The van der Waals surface area contributed by atoms with Crippen molar-refractivity contribution in [3.05, 3.63) is 26.6 Å². The summed E-state index contributed by atoms with van der Waals surface area (Å²) in [6, 6.07) is 3.57. The summed E-state index contributed by atoms with van der Waals surface area (Å²) in [5, 5.41) is 0. The molecule has 2 heterocycles. The normalized spacial score (nSPS) is 26.0. The van der Waals surface area contributed by atoms with E-state index in [1.54, 1.807) is 25.0 Å². The molecule has 2 atom stereocenters. The second kappa shape index (κ2) is 5.51. The summed E-state index contributed by atoms with van der Waals surface area (Å²) < 4.78 is 4.16. The van der Waals surface area contributed by atoms with Crippen LogP contribution in [-0.4, -0.2) is 4.57 Å². The van der Waals surface area contributed by atoms with Gasteiger partial charge < -0.3 is 0 Å². The molecule has 1 aliphatic heterocycles. The molecule has 0 saturated heterocycles. The molecule has 3 rings (SSSR count). The molecule has 1 nitrogen and oxygen atoms in total. The first kappa shape index (κ1) is 14.4. The first-order valence-electron chi connectivity index (χ1n) is 6.30. The number of fused-ring (bicyclic) bond motifs is 4. The number of nitrogens with zero attached hydrogens (tertiary/aromatic N) is 1. The molecule has 1 aromatic rings. The zero-order valence-electron chi connectivity index (χ0n) is 10.6. The first-order valence-corrected chi connectivity index (χ1v) is 7.76. The van der Waals surface area contributed by atoms with Crippen LogP contribution in [0.5, 0.6) is 0 Å². The average Bonchev–Trinajstić information content (AvgIpc) is 2.25. The molecule has 1 aromatic heterocycles. The topological polar surface area (TPSA) is 4.93 Å². The molecule has 2 aliphatic rings. The average molecular weight is 473 g/mol. The molecule has 1 aliphatic carbocycles. The molecular weight excluding hydrogens is 455 g/mol. The van der Waals surface area contributed by atoms with Crippen LogP contribution in [-0.2, 0) is 58.6 Å². The van der Waals surface area contributed by atoms with Gasteiger partial charge in [-0.25, -0.2) is 0 Å². The molecule has 1 fully saturated rings. The Kier molecular flexibility index (Phi) is 4.66. The maximum atomic E-state index is 3.57. The molecule has 3 heteroatoms. The third-order valence-corrected chi connectivity index (χ3v) is 6.12. The van der Waals surface area contributed by atoms with Crippen LogP contribution in [0.25, 0.3) is 0 Å². The van der Waals surface area contributed by atoms with E-state index in [0.717, 1.165) is 11.8 Å². The summed E-state index contributed by atoms with van der Waals surface area (Å²) in [6.45, 7) is 5.75. The minimum atomic E-state index is 0. The minimum absolute atomic E-state index is 0. The van der Waals surface area contributed by atoms with Gasteiger partial charge in [-0.3, -0.25) is 0 Å². The van der Waals surface area contributed by atoms with E-state index in [1.807, 2.05) is 0 Å². The van der Waals surface area contributed by atoms with Crippen LogP contribution < -0.4 is 0 Å². The molecule has 1 unspecified atom stereocenters. The SMILES string of the molecule is Cc1[c-]c(C)[c](=[W])n2c1[C@H]1CCCC(C1)C2.[Y]. The Bertz CT molecular complexity index is 492. The molecule has 1 radical (unpaired) electrons. The summed E-state index contributed by atoms with van der Waals surface area (Å²) in [7, 11) is 0. The van der Waals surface area contributed by atoms with Gasteiger partial charge in [0.1, 0.15) is 0 Å². The zero-order valence-corrected chi connectivity index (χ0v) is 16.4. The van der Waals surface area contributed by atoms with Crippen molar-refractivity contribution in [3.8, 4) is 0 Å². The van der Waals surface area contributed by atoms with Gasteiger partial charge in [0.15, 0.2) is 0 Å². The second-order valence-corrected chi connectivity index (χ2v) is 6.79. The van der Waals surface area contributed by atoms with Crippen molar-refractivity contribution in [2.75, 3.05) is 0 Å². The molecule has 17 heavy (non-hydrogen) atoms. The Morgan fingerprint density at radius 1 is 1.24 bits per heavy atom. The molecule has 89 valence electrons. The number of pyridine rings is 1. The van der Waals surface area contributed by atoms with Gasteiger partial charge >= 0.3 is 108 Å². The van der Waals surface area contributed by atoms with E-state index in [-0.39, 0.29) is 32.7 Å². The Hall–Kier alpha value is 0.942. The Balaban J connectivity index is 0.00000108. The van der Waals surface area contributed by atoms with Gasteiger partial charge in [0.05, 0.1) is 0 Å². The number of aromatic nitrogens is 1. The van der Waals surface area contributed by atoms with Crippen LogP contribution in [0.2, 0.25) is 0 Å². The third-order valence-electron chi connectivity index (χ3n) is 4.23. The van der Waals surface area contributed by atoms with Gasteiger partial charge in [-0.1, -0.05) is 0 Å². The van der Waals surface area contributed by atoms with Gasteiger partial charge in [-0.2, -0.15) is 0 Å². The second-order valence-electron chi connectivity index (χ2n) is 5.41. The number of hydrogen-bond acceptors (Lipinski definition) is 0. The Morgan fingerprint density at radius 2 is 2.00 bits per heavy atom. The standard InChI is InChI=1S/C14H18N.W.Y/c1-10-6-11(2)14-13-5-3-4-12(7-13)9-15(14)8-10;;/h12-13H,3-5,7,9H2,1-2H3;;/q-1;;/t12?,13-;;/m0../s1. The summed E-state index contributed by atoms with van der Waals surface area (Å²) in [4.78, 5) is 0. The van der Waals surface area contributed by atoms with Crippen molar-refractivity contribution < 1.29 is 52.1 Å². The fourth-order valence-electron chi connectivity index (χ4n) is 3.58. The fourth-order valence-corrected chi connectivity index (χ4v) is 4.39. The maximum Gasteiger partial charge on any atom is 0 e. The van der Waals surface area contributed by atoms with E-state index in [9.17, 15) is 0 Å². The van der Waals surface area contributed by atoms with Gasteiger partial charge in [0.25, 0.3) is 0 Å². The van der Waals surface area contributed by atoms with Crippen molar-refractivity contribution >= 4 is 0 Å². The van der Waals surface area contributed by atoms with Crippen LogP contribution in [0, 0.1) is 29.5 Å². The fraction of sp³-hybridized carbons (Fsp3) is 0.643. The van der Waals surface area contributed by atoms with Crippen LogP contribution >= 0.6 is 0 Å². The van der Waals surface area contributed by atoms with Gasteiger partial charge in [0.2, 0.25) is 0 Å². The van der Waals surface area contributed by atoms with Crippen molar-refractivity contribution in [3.63, 3.8) is 0 Å².